The van der Waals surface area contributed by atoms with Gasteiger partial charge in [0.05, 0.1) is 5.70 Å². The number of hydrogen-bond donors (Lipinski definition) is 1. The standard InChI is InChI=1S/C18H23NO2/c1-5-8-14(4)13-20-15-9-11-16(12-10-15)21-18(7-3)17(19)6-2/h5-12H,1,13,19H2,2-4H3/b14-8+,17-6+,18-7+. The van der Waals surface area contributed by atoms with Crippen molar-refractivity contribution in [2.45, 2.75) is 20.8 Å². The number of allylic oxidation sites excluding steroid dienone is 4. The molecule has 1 rings (SSSR count). The topological polar surface area (TPSA) is 44.5 Å². The molecule has 0 amide bonds. The highest BCUT2D eigenvalue weighted by Crippen LogP contribution is 2.21. The minimum Gasteiger partial charge on any atom is -0.489 e. The van der Waals surface area contributed by atoms with Crippen LogP contribution in [0.3, 0.4) is 0 Å². The van der Waals surface area contributed by atoms with Gasteiger partial charge in [-0.2, -0.15) is 0 Å². The van der Waals surface area contributed by atoms with Crippen molar-refractivity contribution in [1.82, 2.24) is 0 Å². The molecule has 0 aromatic heterocycles. The third-order valence-corrected chi connectivity index (χ3v) is 2.78. The third-order valence-electron chi connectivity index (χ3n) is 2.78. The molecule has 0 aliphatic carbocycles. The van der Waals surface area contributed by atoms with E-state index in [1.54, 1.807) is 6.08 Å². The molecule has 0 fully saturated rings. The van der Waals surface area contributed by atoms with Gasteiger partial charge in [-0.25, -0.2) is 0 Å². The summed E-state index contributed by atoms with van der Waals surface area (Å²) >= 11 is 0. The van der Waals surface area contributed by atoms with Crippen LogP contribution in [-0.2, 0) is 0 Å². The Kier molecular flexibility index (Phi) is 6.88. The molecule has 0 heterocycles. The average Bonchev–Trinajstić information content (AvgIpc) is 2.51. The lowest BCUT2D eigenvalue weighted by molar-refractivity contribution is 0.351. The molecular weight excluding hydrogens is 262 g/mol. The monoisotopic (exact) mass is 285 g/mol. The van der Waals surface area contributed by atoms with E-state index in [2.05, 4.69) is 6.58 Å². The van der Waals surface area contributed by atoms with Crippen LogP contribution >= 0.6 is 0 Å². The minimum absolute atomic E-state index is 0.540. The van der Waals surface area contributed by atoms with E-state index in [1.807, 2.05) is 63.3 Å². The molecule has 0 bridgehead atoms. The van der Waals surface area contributed by atoms with Gasteiger partial charge in [0.2, 0.25) is 0 Å². The maximum atomic E-state index is 5.84. The molecule has 3 nitrogen and oxygen atoms in total. The number of ether oxygens (including phenoxy) is 2. The van der Waals surface area contributed by atoms with Gasteiger partial charge in [0.15, 0.2) is 0 Å². The first kappa shape index (κ1) is 16.6. The van der Waals surface area contributed by atoms with Crippen molar-refractivity contribution >= 4 is 0 Å². The third kappa shape index (κ3) is 5.61. The van der Waals surface area contributed by atoms with E-state index in [1.165, 1.54) is 0 Å². The maximum absolute atomic E-state index is 5.84. The first-order valence-corrected chi connectivity index (χ1v) is 6.88. The van der Waals surface area contributed by atoms with Crippen LogP contribution in [0.1, 0.15) is 20.8 Å². The average molecular weight is 285 g/mol. The molecule has 21 heavy (non-hydrogen) atoms. The zero-order valence-electron chi connectivity index (χ0n) is 12.9. The Bertz CT molecular complexity index is 551. The molecule has 1 aromatic carbocycles. The predicted molar refractivity (Wildman–Crippen MR) is 88.2 cm³/mol. The van der Waals surface area contributed by atoms with E-state index in [9.17, 15) is 0 Å². The van der Waals surface area contributed by atoms with Crippen LogP contribution in [-0.4, -0.2) is 6.61 Å². The second-order valence-corrected chi connectivity index (χ2v) is 4.51. The fraction of sp³-hybridized carbons (Fsp3) is 0.222. The van der Waals surface area contributed by atoms with Crippen molar-refractivity contribution in [2.75, 3.05) is 6.61 Å². The second-order valence-electron chi connectivity index (χ2n) is 4.51. The molecule has 2 N–H and O–H groups in total. The molecule has 0 radical (unpaired) electrons. The maximum Gasteiger partial charge on any atom is 0.145 e. The normalized spacial score (nSPS) is 13.0. The highest BCUT2D eigenvalue weighted by molar-refractivity contribution is 5.35. The lowest BCUT2D eigenvalue weighted by atomic mass is 10.3. The van der Waals surface area contributed by atoms with Crippen LogP contribution < -0.4 is 15.2 Å². The van der Waals surface area contributed by atoms with Gasteiger partial charge in [0.1, 0.15) is 23.9 Å². The minimum atomic E-state index is 0.540. The first-order chi connectivity index (χ1) is 10.1. The molecule has 0 saturated heterocycles. The number of nitrogens with two attached hydrogens (primary N) is 1. The number of benzene rings is 1. The fourth-order valence-corrected chi connectivity index (χ4v) is 1.60. The molecule has 0 aliphatic rings. The van der Waals surface area contributed by atoms with E-state index in [0.29, 0.717) is 18.1 Å². The largest absolute Gasteiger partial charge is 0.489 e. The van der Waals surface area contributed by atoms with Crippen molar-refractivity contribution in [3.63, 3.8) is 0 Å². The van der Waals surface area contributed by atoms with Crippen LogP contribution in [0, 0.1) is 0 Å². The van der Waals surface area contributed by atoms with Gasteiger partial charge < -0.3 is 15.2 Å². The van der Waals surface area contributed by atoms with Crippen LogP contribution in [0.5, 0.6) is 11.5 Å². The van der Waals surface area contributed by atoms with Gasteiger partial charge >= 0.3 is 0 Å². The van der Waals surface area contributed by atoms with Crippen LogP contribution in [0.15, 0.2) is 72.2 Å². The molecule has 0 unspecified atom stereocenters. The van der Waals surface area contributed by atoms with Gasteiger partial charge in [0.25, 0.3) is 0 Å². The summed E-state index contributed by atoms with van der Waals surface area (Å²) in [6.07, 6.45) is 7.32. The first-order valence-electron chi connectivity index (χ1n) is 6.88. The summed E-state index contributed by atoms with van der Waals surface area (Å²) in [7, 11) is 0. The molecule has 0 saturated carbocycles. The van der Waals surface area contributed by atoms with Gasteiger partial charge in [-0.15, -0.1) is 0 Å². The van der Waals surface area contributed by atoms with Gasteiger partial charge in [-0.05, 0) is 56.7 Å². The Morgan fingerprint density at radius 3 is 2.29 bits per heavy atom. The fourth-order valence-electron chi connectivity index (χ4n) is 1.60. The second kappa shape index (κ2) is 8.69. The highest BCUT2D eigenvalue weighted by atomic mass is 16.5. The Balaban J connectivity index is 2.66. The number of rotatable bonds is 7. The Morgan fingerprint density at radius 2 is 1.76 bits per heavy atom. The molecule has 0 spiro atoms. The zero-order valence-corrected chi connectivity index (χ0v) is 12.9. The van der Waals surface area contributed by atoms with Crippen molar-refractivity contribution < 1.29 is 9.47 Å². The highest BCUT2D eigenvalue weighted by Gasteiger charge is 2.03. The Morgan fingerprint density at radius 1 is 1.14 bits per heavy atom. The SMILES string of the molecule is C=C/C=C(\C)COc1ccc(OC(=C/C)/C(N)=C\C)cc1. The van der Waals surface area contributed by atoms with Crippen molar-refractivity contribution in [1.29, 1.82) is 0 Å². The summed E-state index contributed by atoms with van der Waals surface area (Å²) in [5.41, 5.74) is 7.57. The Labute approximate surface area is 127 Å². The van der Waals surface area contributed by atoms with Gasteiger partial charge in [-0.1, -0.05) is 24.8 Å². The summed E-state index contributed by atoms with van der Waals surface area (Å²) < 4.78 is 11.4. The van der Waals surface area contributed by atoms with Gasteiger partial charge in [0, 0.05) is 0 Å². The van der Waals surface area contributed by atoms with Crippen molar-refractivity contribution in [3.05, 3.63) is 72.2 Å². The van der Waals surface area contributed by atoms with E-state index in [4.69, 9.17) is 15.2 Å². The molecule has 0 atom stereocenters. The van der Waals surface area contributed by atoms with Gasteiger partial charge in [-0.3, -0.25) is 0 Å². The summed E-state index contributed by atoms with van der Waals surface area (Å²) in [6, 6.07) is 7.45. The molecule has 1 aromatic rings. The molecule has 0 aliphatic heterocycles. The number of hydrogen-bond acceptors (Lipinski definition) is 3. The summed E-state index contributed by atoms with van der Waals surface area (Å²) in [4.78, 5) is 0. The van der Waals surface area contributed by atoms with Crippen molar-refractivity contribution in [2.24, 2.45) is 5.73 Å². The van der Waals surface area contributed by atoms with Crippen LogP contribution in [0.2, 0.25) is 0 Å². The summed E-state index contributed by atoms with van der Waals surface area (Å²) in [6.45, 7) is 9.95. The Hall–Kier alpha value is -2.42. The van der Waals surface area contributed by atoms with E-state index in [-0.39, 0.29) is 0 Å². The van der Waals surface area contributed by atoms with E-state index < -0.39 is 0 Å². The van der Waals surface area contributed by atoms with E-state index in [0.717, 1.165) is 17.1 Å². The van der Waals surface area contributed by atoms with E-state index >= 15 is 0 Å². The molecule has 112 valence electrons. The van der Waals surface area contributed by atoms with Crippen LogP contribution in [0.25, 0.3) is 0 Å². The lowest BCUT2D eigenvalue weighted by Gasteiger charge is -2.11. The van der Waals surface area contributed by atoms with Crippen LogP contribution in [0.4, 0.5) is 0 Å². The summed E-state index contributed by atoms with van der Waals surface area (Å²) in [5, 5.41) is 0. The molecular formula is C18H23NO2. The van der Waals surface area contributed by atoms with Crippen molar-refractivity contribution in [3.8, 4) is 11.5 Å². The molecule has 3 heteroatoms. The summed E-state index contributed by atoms with van der Waals surface area (Å²) in [5.74, 6) is 2.16. The zero-order chi connectivity index (χ0) is 15.7. The quantitative estimate of drug-likeness (QED) is 0.598. The lowest BCUT2D eigenvalue weighted by Crippen LogP contribution is -2.06. The predicted octanol–water partition coefficient (Wildman–Crippen LogP) is 4.34. The smallest absolute Gasteiger partial charge is 0.145 e.